The first-order valence-corrected chi connectivity index (χ1v) is 13.6. The molecule has 0 unspecified atom stereocenters. The molecule has 3 aliphatic rings. The van der Waals surface area contributed by atoms with Gasteiger partial charge in [-0.15, -0.1) is 0 Å². The number of hydrogen-bond acceptors (Lipinski definition) is 8. The molecule has 0 spiro atoms. The zero-order chi connectivity index (χ0) is 25.5. The Morgan fingerprint density at radius 2 is 1.70 bits per heavy atom. The number of piperidine rings is 1. The molecule has 3 saturated heterocycles. The van der Waals surface area contributed by atoms with Crippen LogP contribution in [0.25, 0.3) is 0 Å². The third-order valence-corrected chi connectivity index (χ3v) is 7.47. The van der Waals surface area contributed by atoms with Crippen LogP contribution in [0.5, 0.6) is 5.75 Å². The fourth-order valence-electron chi connectivity index (χ4n) is 5.19. The number of carbonyl (C=O) groups excluding carboxylic acids is 1. The second kappa shape index (κ2) is 12.4. The summed E-state index contributed by atoms with van der Waals surface area (Å²) in [5.41, 5.74) is 0.289. The quantitative estimate of drug-likeness (QED) is 0.516. The summed E-state index contributed by atoms with van der Waals surface area (Å²) >= 11 is 6.03. The number of rotatable bonds is 8. The van der Waals surface area contributed by atoms with Gasteiger partial charge in [0, 0.05) is 68.8 Å². The highest BCUT2D eigenvalue weighted by atomic mass is 35.5. The van der Waals surface area contributed by atoms with E-state index in [0.717, 1.165) is 31.1 Å². The summed E-state index contributed by atoms with van der Waals surface area (Å²) in [4.78, 5) is 29.0. The molecule has 5 rings (SSSR count). The first-order chi connectivity index (χ1) is 18.1. The van der Waals surface area contributed by atoms with Gasteiger partial charge in [-0.1, -0.05) is 11.6 Å². The molecule has 3 aliphatic heterocycles. The largest absolute Gasteiger partial charge is 0.491 e. The lowest BCUT2D eigenvalue weighted by molar-refractivity contribution is -0.159. The van der Waals surface area contributed by atoms with Gasteiger partial charge >= 0.3 is 0 Å². The molecule has 10 heteroatoms. The van der Waals surface area contributed by atoms with E-state index in [9.17, 15) is 4.79 Å². The van der Waals surface area contributed by atoms with Gasteiger partial charge in [-0.05, 0) is 43.5 Å². The number of amides is 1. The lowest BCUT2D eigenvalue weighted by Crippen LogP contribution is -2.57. The summed E-state index contributed by atoms with van der Waals surface area (Å²) < 4.78 is 17.9. The van der Waals surface area contributed by atoms with Gasteiger partial charge in [0.2, 0.25) is 11.9 Å². The van der Waals surface area contributed by atoms with E-state index in [1.165, 1.54) is 19.3 Å². The van der Waals surface area contributed by atoms with Crippen molar-refractivity contribution in [2.45, 2.75) is 37.8 Å². The Bertz CT molecular complexity index is 1010. The molecule has 4 heterocycles. The van der Waals surface area contributed by atoms with Crippen molar-refractivity contribution in [2.24, 2.45) is 0 Å². The fraction of sp³-hybridized carbons (Fsp3) is 0.593. The maximum atomic E-state index is 13.3. The van der Waals surface area contributed by atoms with Crippen LogP contribution in [0.15, 0.2) is 36.7 Å². The Morgan fingerprint density at radius 1 is 0.973 bits per heavy atom. The van der Waals surface area contributed by atoms with Gasteiger partial charge in [-0.2, -0.15) is 0 Å². The van der Waals surface area contributed by atoms with Crippen LogP contribution in [0.2, 0.25) is 5.02 Å². The molecule has 0 aliphatic carbocycles. The minimum absolute atomic E-state index is 0.0686. The molecule has 0 bridgehead atoms. The van der Waals surface area contributed by atoms with Gasteiger partial charge in [0.1, 0.15) is 18.0 Å². The molecule has 0 radical (unpaired) electrons. The van der Waals surface area contributed by atoms with Crippen LogP contribution in [-0.2, 0) is 20.8 Å². The lowest BCUT2D eigenvalue weighted by atomic mass is 9.96. The van der Waals surface area contributed by atoms with E-state index < -0.39 is 5.60 Å². The molecule has 3 fully saturated rings. The average molecular weight is 530 g/mol. The van der Waals surface area contributed by atoms with Crippen molar-refractivity contribution < 1.29 is 19.0 Å². The summed E-state index contributed by atoms with van der Waals surface area (Å²) in [6.45, 7) is 7.23. The van der Waals surface area contributed by atoms with E-state index in [1.807, 2.05) is 29.4 Å². The number of ether oxygens (including phenoxy) is 3. The molecule has 1 aromatic heterocycles. The molecular weight excluding hydrogens is 494 g/mol. The van der Waals surface area contributed by atoms with Crippen molar-refractivity contribution in [3.05, 3.63) is 47.2 Å². The molecule has 0 N–H and O–H groups in total. The van der Waals surface area contributed by atoms with Crippen molar-refractivity contribution in [3.8, 4) is 5.75 Å². The zero-order valence-electron chi connectivity index (χ0n) is 21.3. The second-order valence-corrected chi connectivity index (χ2v) is 10.5. The van der Waals surface area contributed by atoms with E-state index in [2.05, 4.69) is 19.8 Å². The first-order valence-electron chi connectivity index (χ1n) is 13.2. The number of hydrogen-bond donors (Lipinski definition) is 0. The van der Waals surface area contributed by atoms with Crippen molar-refractivity contribution in [1.82, 2.24) is 19.8 Å². The minimum atomic E-state index is -0.762. The fourth-order valence-corrected chi connectivity index (χ4v) is 5.32. The van der Waals surface area contributed by atoms with Crippen LogP contribution >= 0.6 is 11.6 Å². The van der Waals surface area contributed by atoms with Crippen molar-refractivity contribution in [2.75, 3.05) is 70.6 Å². The summed E-state index contributed by atoms with van der Waals surface area (Å²) in [5.74, 6) is 1.58. The summed E-state index contributed by atoms with van der Waals surface area (Å²) in [5, 5.41) is 0.651. The Labute approximate surface area is 223 Å². The Morgan fingerprint density at radius 3 is 2.43 bits per heavy atom. The molecule has 2 aromatic rings. The number of halogens is 1. The van der Waals surface area contributed by atoms with Crippen LogP contribution < -0.4 is 9.64 Å². The highest BCUT2D eigenvalue weighted by molar-refractivity contribution is 6.30. The molecule has 200 valence electrons. The number of benzene rings is 1. The van der Waals surface area contributed by atoms with E-state index >= 15 is 0 Å². The average Bonchev–Trinajstić information content (AvgIpc) is 2.94. The molecule has 1 atom stereocenters. The van der Waals surface area contributed by atoms with Gasteiger partial charge in [0.25, 0.3) is 0 Å². The Hall–Kier alpha value is -2.46. The van der Waals surface area contributed by atoms with Crippen molar-refractivity contribution >= 4 is 23.5 Å². The maximum absolute atomic E-state index is 13.3. The third kappa shape index (κ3) is 7.10. The van der Waals surface area contributed by atoms with Gasteiger partial charge in [-0.3, -0.25) is 9.69 Å². The van der Waals surface area contributed by atoms with E-state index in [0.29, 0.717) is 56.8 Å². The van der Waals surface area contributed by atoms with Gasteiger partial charge in [0.05, 0.1) is 26.2 Å². The van der Waals surface area contributed by atoms with Crippen LogP contribution in [0.3, 0.4) is 0 Å². The van der Waals surface area contributed by atoms with Crippen molar-refractivity contribution in [3.63, 3.8) is 0 Å². The number of aromatic nitrogens is 2. The number of morpholine rings is 2. The summed E-state index contributed by atoms with van der Waals surface area (Å²) in [7, 11) is 0. The summed E-state index contributed by atoms with van der Waals surface area (Å²) in [6, 6.07) is 7.26. The van der Waals surface area contributed by atoms with Gasteiger partial charge < -0.3 is 24.0 Å². The normalized spacial score (nSPS) is 23.2. The topological polar surface area (TPSA) is 80.3 Å². The number of anilines is 1. The first kappa shape index (κ1) is 26.2. The molecule has 0 saturated carbocycles. The van der Waals surface area contributed by atoms with Crippen molar-refractivity contribution in [1.29, 1.82) is 0 Å². The van der Waals surface area contributed by atoms with Crippen LogP contribution in [-0.4, -0.2) is 97.0 Å². The standard InChI is InChI=1S/C27H36ClN5O4/c28-23-4-6-24(7-5-23)36-21-27(16-25(34)32-11-13-35-14-12-32)20-31(10-15-37-27)19-22-17-29-26(30-18-22)33-8-2-1-3-9-33/h4-7,17-18H,1-3,8-16,19-21H2/t27-/m1/s1. The number of carbonyl (C=O) groups is 1. The molecular formula is C27H36ClN5O4. The third-order valence-electron chi connectivity index (χ3n) is 7.22. The molecule has 37 heavy (non-hydrogen) atoms. The van der Waals surface area contributed by atoms with E-state index in [4.69, 9.17) is 25.8 Å². The van der Waals surface area contributed by atoms with Crippen LogP contribution in [0, 0.1) is 0 Å². The minimum Gasteiger partial charge on any atom is -0.491 e. The highest BCUT2D eigenvalue weighted by Crippen LogP contribution is 2.27. The Kier molecular flexibility index (Phi) is 8.76. The SMILES string of the molecule is O=C(C[C@]1(COc2ccc(Cl)cc2)CN(Cc2cnc(N3CCCCC3)nc2)CCO1)N1CCOCC1. The van der Waals surface area contributed by atoms with Gasteiger partial charge in [-0.25, -0.2) is 9.97 Å². The van der Waals surface area contributed by atoms with Crippen LogP contribution in [0.4, 0.5) is 5.95 Å². The highest BCUT2D eigenvalue weighted by Gasteiger charge is 2.41. The summed E-state index contributed by atoms with van der Waals surface area (Å²) in [6.07, 6.45) is 7.78. The zero-order valence-corrected chi connectivity index (χ0v) is 22.1. The monoisotopic (exact) mass is 529 g/mol. The molecule has 9 nitrogen and oxygen atoms in total. The Balaban J connectivity index is 1.26. The maximum Gasteiger partial charge on any atom is 0.225 e. The lowest BCUT2D eigenvalue weighted by Gasteiger charge is -2.43. The van der Waals surface area contributed by atoms with Crippen LogP contribution in [0.1, 0.15) is 31.2 Å². The second-order valence-electron chi connectivity index (χ2n) is 10.1. The van der Waals surface area contributed by atoms with E-state index in [1.54, 1.807) is 12.1 Å². The predicted molar refractivity (Wildman–Crippen MR) is 141 cm³/mol. The van der Waals surface area contributed by atoms with E-state index in [-0.39, 0.29) is 18.9 Å². The number of nitrogens with zero attached hydrogens (tertiary/aromatic N) is 5. The molecule has 1 aromatic carbocycles. The molecule has 1 amide bonds. The smallest absolute Gasteiger partial charge is 0.225 e. The van der Waals surface area contributed by atoms with Gasteiger partial charge in [0.15, 0.2) is 0 Å². The predicted octanol–water partition coefficient (Wildman–Crippen LogP) is 3.02.